The van der Waals surface area contributed by atoms with Crippen molar-refractivity contribution in [2.24, 2.45) is 11.8 Å². The van der Waals surface area contributed by atoms with Crippen LogP contribution in [0.1, 0.15) is 75.3 Å². The van der Waals surface area contributed by atoms with Gasteiger partial charge in [-0.15, -0.1) is 0 Å². The van der Waals surface area contributed by atoms with Gasteiger partial charge in [0, 0.05) is 6.42 Å². The maximum atomic E-state index is 13.5. The summed E-state index contributed by atoms with van der Waals surface area (Å²) in [6, 6.07) is 8.28. The van der Waals surface area contributed by atoms with E-state index < -0.39 is 11.3 Å². The molecule has 2 nitrogen and oxygen atoms in total. The van der Waals surface area contributed by atoms with Crippen LogP contribution in [0.2, 0.25) is 0 Å². The van der Waals surface area contributed by atoms with Crippen molar-refractivity contribution in [2.75, 3.05) is 0 Å². The number of hydrogen-bond donors (Lipinski definition) is 0. The monoisotopic (exact) mass is 350 g/mol. The lowest BCUT2D eigenvalue weighted by Crippen LogP contribution is -2.37. The number of carbonyl (C=O) groups is 2. The summed E-state index contributed by atoms with van der Waals surface area (Å²) in [4.78, 5) is 26.4. The fourth-order valence-electron chi connectivity index (χ4n) is 5.67. The summed E-state index contributed by atoms with van der Waals surface area (Å²) in [5.74, 6) is 0.399. The van der Waals surface area contributed by atoms with Gasteiger partial charge in [0.25, 0.3) is 0 Å². The molecule has 0 heterocycles. The number of benzene rings is 1. The van der Waals surface area contributed by atoms with Crippen molar-refractivity contribution in [1.29, 1.82) is 0 Å². The van der Waals surface area contributed by atoms with Crippen molar-refractivity contribution in [3.63, 3.8) is 0 Å². The maximum Gasteiger partial charge on any atom is 0.154 e. The number of hydrogen-bond acceptors (Lipinski definition) is 2. The van der Waals surface area contributed by atoms with Crippen molar-refractivity contribution in [3.8, 4) is 0 Å². The molecule has 1 spiro atoms. The quantitative estimate of drug-likeness (QED) is 0.419. The highest BCUT2D eigenvalue weighted by Gasteiger charge is 2.54. The Morgan fingerprint density at radius 2 is 1.77 bits per heavy atom. The summed E-state index contributed by atoms with van der Waals surface area (Å²) >= 11 is 0. The topological polar surface area (TPSA) is 34.1 Å². The van der Waals surface area contributed by atoms with E-state index in [-0.39, 0.29) is 11.6 Å². The largest absolute Gasteiger partial charge is 0.299 e. The number of carbonyl (C=O) groups excluding carboxylic acids is 2. The van der Waals surface area contributed by atoms with Crippen molar-refractivity contribution >= 4 is 11.6 Å². The van der Waals surface area contributed by atoms with Crippen molar-refractivity contribution in [3.05, 3.63) is 47.5 Å². The molecule has 1 aromatic rings. The van der Waals surface area contributed by atoms with E-state index in [9.17, 15) is 9.59 Å². The van der Waals surface area contributed by atoms with E-state index in [1.54, 1.807) is 0 Å². The van der Waals surface area contributed by atoms with Crippen LogP contribution in [-0.4, -0.2) is 11.6 Å². The third kappa shape index (κ3) is 2.98. The smallest absolute Gasteiger partial charge is 0.154 e. The molecule has 2 heteroatoms. The summed E-state index contributed by atoms with van der Waals surface area (Å²) in [6.07, 6.45) is 11.4. The van der Waals surface area contributed by atoms with E-state index >= 15 is 0 Å². The molecule has 3 aliphatic rings. The van der Waals surface area contributed by atoms with Crippen molar-refractivity contribution in [2.45, 2.75) is 76.0 Å². The normalized spacial score (nSPS) is 29.6. The molecule has 2 fully saturated rings. The van der Waals surface area contributed by atoms with Crippen molar-refractivity contribution in [1.82, 2.24) is 0 Å². The second-order valence-corrected chi connectivity index (χ2v) is 8.70. The summed E-state index contributed by atoms with van der Waals surface area (Å²) in [5.41, 5.74) is 3.01. The minimum Gasteiger partial charge on any atom is -0.299 e. The molecule has 0 bridgehead atoms. The molecule has 0 aliphatic heterocycles. The van der Waals surface area contributed by atoms with Crippen LogP contribution in [0.4, 0.5) is 0 Å². The number of aryl methyl sites for hydroxylation is 1. The third-order valence-electron chi connectivity index (χ3n) is 7.13. The number of fused-ring (bicyclic) bond motifs is 2. The maximum absolute atomic E-state index is 13.5. The van der Waals surface area contributed by atoms with Gasteiger partial charge in [-0.25, -0.2) is 0 Å². The number of ketones is 2. The minimum absolute atomic E-state index is 0.154. The van der Waals surface area contributed by atoms with E-state index in [0.717, 1.165) is 30.4 Å². The molecule has 0 N–H and O–H groups in total. The van der Waals surface area contributed by atoms with E-state index in [1.165, 1.54) is 44.1 Å². The van der Waals surface area contributed by atoms with Crippen LogP contribution < -0.4 is 0 Å². The van der Waals surface area contributed by atoms with Gasteiger partial charge in [-0.1, -0.05) is 62.1 Å². The van der Waals surface area contributed by atoms with Gasteiger partial charge in [0.05, 0.1) is 11.3 Å². The van der Waals surface area contributed by atoms with Crippen LogP contribution >= 0.6 is 0 Å². The zero-order valence-electron chi connectivity index (χ0n) is 15.8. The molecule has 26 heavy (non-hydrogen) atoms. The predicted octanol–water partition coefficient (Wildman–Crippen LogP) is 5.34. The predicted molar refractivity (Wildman–Crippen MR) is 104 cm³/mol. The fraction of sp³-hybridized carbons (Fsp3) is 0.583. The van der Waals surface area contributed by atoms with E-state index in [4.69, 9.17) is 0 Å². The molecule has 0 radical (unpaired) electrons. The van der Waals surface area contributed by atoms with E-state index in [2.05, 4.69) is 18.7 Å². The van der Waals surface area contributed by atoms with Crippen LogP contribution in [-0.2, 0) is 21.4 Å². The Balaban J connectivity index is 1.56. The Morgan fingerprint density at radius 3 is 2.54 bits per heavy atom. The summed E-state index contributed by atoms with van der Waals surface area (Å²) in [7, 11) is 0. The lowest BCUT2D eigenvalue weighted by Gasteiger charge is -2.34. The summed E-state index contributed by atoms with van der Waals surface area (Å²) < 4.78 is 0. The lowest BCUT2D eigenvalue weighted by atomic mass is 9.67. The second-order valence-electron chi connectivity index (χ2n) is 8.70. The summed E-state index contributed by atoms with van der Waals surface area (Å²) in [6.45, 7) is 4.33. The molecule has 1 aromatic carbocycles. The Labute approximate surface area is 157 Å². The van der Waals surface area contributed by atoms with Gasteiger partial charge < -0.3 is 0 Å². The van der Waals surface area contributed by atoms with E-state index in [0.29, 0.717) is 18.8 Å². The molecular formula is C24H30O2. The van der Waals surface area contributed by atoms with Gasteiger partial charge in [-0.05, 0) is 55.6 Å². The van der Waals surface area contributed by atoms with Gasteiger partial charge in [0.2, 0.25) is 0 Å². The van der Waals surface area contributed by atoms with Gasteiger partial charge in [0.1, 0.15) is 5.78 Å². The highest BCUT2D eigenvalue weighted by atomic mass is 16.2. The van der Waals surface area contributed by atoms with Crippen LogP contribution in [0.15, 0.2) is 36.4 Å². The first-order chi connectivity index (χ1) is 12.6. The van der Waals surface area contributed by atoms with Gasteiger partial charge >= 0.3 is 0 Å². The van der Waals surface area contributed by atoms with E-state index in [1.807, 2.05) is 12.1 Å². The molecule has 2 atom stereocenters. The summed E-state index contributed by atoms with van der Waals surface area (Å²) in [5, 5.41) is 0. The zero-order chi connectivity index (χ0) is 18.1. The Morgan fingerprint density at radius 1 is 1.04 bits per heavy atom. The number of Topliss-reactive ketones (excluding diaryl/α,β-unsaturated/α-hetero) is 2. The zero-order valence-corrected chi connectivity index (χ0v) is 15.8. The third-order valence-corrected chi connectivity index (χ3v) is 7.13. The fourth-order valence-corrected chi connectivity index (χ4v) is 5.67. The Bertz CT molecular complexity index is 723. The molecule has 0 amide bonds. The molecule has 138 valence electrons. The highest BCUT2D eigenvalue weighted by Crippen LogP contribution is 2.48. The van der Waals surface area contributed by atoms with Crippen LogP contribution in [0.3, 0.4) is 0 Å². The molecule has 3 aliphatic carbocycles. The molecule has 2 saturated carbocycles. The van der Waals surface area contributed by atoms with Crippen LogP contribution in [0.5, 0.6) is 0 Å². The van der Waals surface area contributed by atoms with Crippen molar-refractivity contribution < 1.29 is 9.59 Å². The van der Waals surface area contributed by atoms with Gasteiger partial charge in [0.15, 0.2) is 5.78 Å². The second kappa shape index (κ2) is 7.13. The van der Waals surface area contributed by atoms with Crippen LogP contribution in [0.25, 0.3) is 0 Å². The number of allylic oxidation sites excluding steroid dienone is 1. The molecule has 2 unspecified atom stereocenters. The highest BCUT2D eigenvalue weighted by molar-refractivity contribution is 6.15. The SMILES string of the molecule is C=C(CC1C(=O)CC2(CCCc3ccccc32)C1=O)C1CCCCCC1. The first-order valence-electron chi connectivity index (χ1n) is 10.4. The first kappa shape index (κ1) is 17.7. The Kier molecular flexibility index (Phi) is 4.86. The lowest BCUT2D eigenvalue weighted by molar-refractivity contribution is -0.128. The average Bonchev–Trinajstić information content (AvgIpc) is 2.86. The van der Waals surface area contributed by atoms with Crippen LogP contribution in [0, 0.1) is 11.8 Å². The standard InChI is InChI=1S/C24H30O2/c1-17(18-9-4-2-3-5-10-18)15-20-22(25)16-24(23(20)26)14-8-12-19-11-6-7-13-21(19)24/h6-7,11,13,18,20H,1-5,8-10,12,14-16H2. The number of rotatable bonds is 3. The minimum atomic E-state index is -0.541. The molecule has 0 aromatic heterocycles. The Hall–Kier alpha value is -1.70. The molecule has 4 rings (SSSR count). The first-order valence-corrected chi connectivity index (χ1v) is 10.4. The molecule has 0 saturated heterocycles. The van der Waals surface area contributed by atoms with Gasteiger partial charge in [-0.2, -0.15) is 0 Å². The molecular weight excluding hydrogens is 320 g/mol. The average molecular weight is 351 g/mol. The van der Waals surface area contributed by atoms with Gasteiger partial charge in [-0.3, -0.25) is 9.59 Å².